The van der Waals surface area contributed by atoms with Crippen LogP contribution in [0.2, 0.25) is 0 Å². The van der Waals surface area contributed by atoms with Crippen molar-refractivity contribution < 1.29 is 18.7 Å². The number of pyridine rings is 2. The van der Waals surface area contributed by atoms with E-state index in [1.165, 1.54) is 6.08 Å². The van der Waals surface area contributed by atoms with E-state index < -0.39 is 6.04 Å². The number of rotatable bonds is 6. The van der Waals surface area contributed by atoms with Gasteiger partial charge >= 0.3 is 0 Å². The summed E-state index contributed by atoms with van der Waals surface area (Å²) in [5.74, 6) is 2.15. The zero-order valence-corrected chi connectivity index (χ0v) is 20.6. The number of carbonyl (C=O) groups excluding carboxylic acids is 2. The molecule has 0 unspecified atom stereocenters. The fourth-order valence-electron chi connectivity index (χ4n) is 4.17. The molecule has 188 valence electrons. The quantitative estimate of drug-likeness (QED) is 0.383. The molecule has 1 aromatic carbocycles. The molecule has 5 rings (SSSR count). The molecule has 0 radical (unpaired) electrons. The van der Waals surface area contributed by atoms with Crippen LogP contribution in [0.1, 0.15) is 28.9 Å². The van der Waals surface area contributed by atoms with E-state index in [4.69, 9.17) is 14.9 Å². The Bertz CT molecular complexity index is 1500. The molecule has 0 fully saturated rings. The number of amides is 2. The SMILES string of the molecule is Cc1c(CN(C)C(=O)/C=C/c2cnc3c(c2)CC[C@H](N)C(=O)N3)oc2ccc(Oc3cccnc3)cc12. The summed E-state index contributed by atoms with van der Waals surface area (Å²) in [6.07, 6.45) is 9.36. The van der Waals surface area contributed by atoms with E-state index in [0.29, 0.717) is 42.5 Å². The number of fused-ring (bicyclic) bond motifs is 2. The highest BCUT2D eigenvalue weighted by Gasteiger charge is 2.21. The van der Waals surface area contributed by atoms with Crippen molar-refractivity contribution in [1.29, 1.82) is 0 Å². The van der Waals surface area contributed by atoms with Crippen LogP contribution in [-0.4, -0.2) is 39.8 Å². The van der Waals surface area contributed by atoms with Crippen LogP contribution < -0.4 is 15.8 Å². The summed E-state index contributed by atoms with van der Waals surface area (Å²) < 4.78 is 11.9. The van der Waals surface area contributed by atoms with Crippen molar-refractivity contribution >= 4 is 34.7 Å². The van der Waals surface area contributed by atoms with Gasteiger partial charge in [0.2, 0.25) is 11.8 Å². The molecule has 0 aliphatic carbocycles. The van der Waals surface area contributed by atoms with Gasteiger partial charge in [0.15, 0.2) is 0 Å². The minimum atomic E-state index is -0.551. The zero-order valence-electron chi connectivity index (χ0n) is 20.6. The Hall–Kier alpha value is -4.50. The number of nitrogens with two attached hydrogens (primary N) is 1. The van der Waals surface area contributed by atoms with E-state index in [1.807, 2.05) is 43.3 Å². The molecule has 4 aromatic rings. The Labute approximate surface area is 214 Å². The number of nitrogens with zero attached hydrogens (tertiary/aromatic N) is 3. The third-order valence-corrected chi connectivity index (χ3v) is 6.34. The molecule has 0 saturated heterocycles. The number of aryl methyl sites for hydroxylation is 2. The third kappa shape index (κ3) is 5.36. The molecule has 3 aromatic heterocycles. The highest BCUT2D eigenvalue weighted by Crippen LogP contribution is 2.31. The number of aromatic nitrogens is 2. The number of hydrogen-bond acceptors (Lipinski definition) is 7. The van der Waals surface area contributed by atoms with Gasteiger partial charge in [0.25, 0.3) is 0 Å². The maximum Gasteiger partial charge on any atom is 0.246 e. The molecule has 0 spiro atoms. The van der Waals surface area contributed by atoms with Crippen LogP contribution in [0.15, 0.2) is 65.5 Å². The molecule has 2 amide bonds. The van der Waals surface area contributed by atoms with Gasteiger partial charge in [-0.15, -0.1) is 0 Å². The van der Waals surface area contributed by atoms with Gasteiger partial charge in [0.05, 0.1) is 18.8 Å². The molecule has 3 N–H and O–H groups in total. The topological polar surface area (TPSA) is 124 Å². The molecular formula is C28H27N5O4. The Morgan fingerprint density at radius 2 is 2.14 bits per heavy atom. The maximum absolute atomic E-state index is 12.8. The van der Waals surface area contributed by atoms with Crippen molar-refractivity contribution in [2.24, 2.45) is 5.73 Å². The molecule has 1 aliphatic rings. The summed E-state index contributed by atoms with van der Waals surface area (Å²) in [6.45, 7) is 2.28. The van der Waals surface area contributed by atoms with E-state index in [-0.39, 0.29) is 11.8 Å². The van der Waals surface area contributed by atoms with Gasteiger partial charge in [-0.3, -0.25) is 14.6 Å². The van der Waals surface area contributed by atoms with Crippen LogP contribution in [0.5, 0.6) is 11.5 Å². The summed E-state index contributed by atoms with van der Waals surface area (Å²) in [7, 11) is 1.72. The van der Waals surface area contributed by atoms with E-state index in [2.05, 4.69) is 15.3 Å². The van der Waals surface area contributed by atoms with E-state index in [0.717, 1.165) is 27.7 Å². The predicted molar refractivity (Wildman–Crippen MR) is 140 cm³/mol. The molecule has 37 heavy (non-hydrogen) atoms. The smallest absolute Gasteiger partial charge is 0.246 e. The summed E-state index contributed by atoms with van der Waals surface area (Å²) in [6, 6.07) is 10.6. The van der Waals surface area contributed by atoms with Gasteiger partial charge in [0.1, 0.15) is 28.7 Å². The zero-order chi connectivity index (χ0) is 25.9. The van der Waals surface area contributed by atoms with Crippen LogP contribution >= 0.6 is 0 Å². The first-order chi connectivity index (χ1) is 17.9. The third-order valence-electron chi connectivity index (χ3n) is 6.34. The number of carbonyl (C=O) groups is 2. The second-order valence-electron chi connectivity index (χ2n) is 9.04. The lowest BCUT2D eigenvalue weighted by Crippen LogP contribution is -2.34. The van der Waals surface area contributed by atoms with Crippen molar-refractivity contribution in [3.8, 4) is 11.5 Å². The largest absolute Gasteiger partial charge is 0.459 e. The van der Waals surface area contributed by atoms with Crippen LogP contribution in [0.3, 0.4) is 0 Å². The van der Waals surface area contributed by atoms with Gasteiger partial charge in [-0.1, -0.05) is 0 Å². The first-order valence-corrected chi connectivity index (χ1v) is 12.0. The molecule has 1 atom stereocenters. The van der Waals surface area contributed by atoms with Gasteiger partial charge in [-0.05, 0) is 73.4 Å². The van der Waals surface area contributed by atoms with Crippen molar-refractivity contribution in [3.05, 3.63) is 83.5 Å². The molecule has 4 heterocycles. The summed E-state index contributed by atoms with van der Waals surface area (Å²) in [5.41, 5.74) is 9.19. The van der Waals surface area contributed by atoms with E-state index in [9.17, 15) is 9.59 Å². The van der Waals surface area contributed by atoms with E-state index >= 15 is 0 Å². The Morgan fingerprint density at radius 1 is 1.27 bits per heavy atom. The number of nitrogens with one attached hydrogen (secondary N) is 1. The second kappa shape index (κ2) is 10.2. The van der Waals surface area contributed by atoms with Gasteiger partial charge < -0.3 is 25.1 Å². The Morgan fingerprint density at radius 3 is 2.95 bits per heavy atom. The van der Waals surface area contributed by atoms with E-state index in [1.54, 1.807) is 36.6 Å². The minimum Gasteiger partial charge on any atom is -0.459 e. The fourth-order valence-corrected chi connectivity index (χ4v) is 4.17. The first kappa shape index (κ1) is 24.2. The molecule has 0 bridgehead atoms. The molecule has 0 saturated carbocycles. The highest BCUT2D eigenvalue weighted by molar-refractivity contribution is 5.95. The number of furan rings is 1. The van der Waals surface area contributed by atoms with Gasteiger partial charge in [-0.25, -0.2) is 4.98 Å². The van der Waals surface area contributed by atoms with Crippen molar-refractivity contribution in [2.45, 2.75) is 32.4 Å². The molecule has 9 nitrogen and oxygen atoms in total. The highest BCUT2D eigenvalue weighted by atomic mass is 16.5. The second-order valence-corrected chi connectivity index (χ2v) is 9.04. The summed E-state index contributed by atoms with van der Waals surface area (Å²) in [4.78, 5) is 34.7. The van der Waals surface area contributed by atoms with Crippen LogP contribution in [-0.2, 0) is 22.6 Å². The number of hydrogen-bond donors (Lipinski definition) is 2. The fraction of sp³-hybridized carbons (Fsp3) is 0.214. The minimum absolute atomic E-state index is 0.175. The Kier molecular flexibility index (Phi) is 6.70. The van der Waals surface area contributed by atoms with Gasteiger partial charge in [0, 0.05) is 36.5 Å². The average molecular weight is 498 g/mol. The normalized spacial score (nSPS) is 15.3. The standard InChI is InChI=1S/C28H27N5O4/c1-17-22-13-20(36-21-4-3-11-30-15-21)7-9-24(22)37-25(17)16-33(2)26(34)10-5-18-12-19-6-8-23(29)28(35)32-27(19)31-14-18/h3-5,7,9-15,23H,6,8,16,29H2,1-2H3,(H,31,32,35)/b10-5+/t23-/m0/s1. The lowest BCUT2D eigenvalue weighted by atomic mass is 10.1. The average Bonchev–Trinajstić information content (AvgIpc) is 3.13. The summed E-state index contributed by atoms with van der Waals surface area (Å²) in [5, 5.41) is 3.67. The molecule has 9 heteroatoms. The maximum atomic E-state index is 12.8. The van der Waals surface area contributed by atoms with Crippen molar-refractivity contribution in [2.75, 3.05) is 12.4 Å². The number of likely N-dealkylation sites (N-methyl/N-ethyl adjacent to an activating group) is 1. The van der Waals surface area contributed by atoms with Crippen LogP contribution in [0.25, 0.3) is 17.0 Å². The molecule has 1 aliphatic heterocycles. The number of benzene rings is 1. The lowest BCUT2D eigenvalue weighted by Gasteiger charge is -2.14. The predicted octanol–water partition coefficient (Wildman–Crippen LogP) is 4.21. The van der Waals surface area contributed by atoms with Crippen LogP contribution in [0.4, 0.5) is 5.82 Å². The van der Waals surface area contributed by atoms with Gasteiger partial charge in [-0.2, -0.15) is 0 Å². The first-order valence-electron chi connectivity index (χ1n) is 12.0. The Balaban J connectivity index is 1.26. The number of ether oxygens (including phenoxy) is 1. The van der Waals surface area contributed by atoms with Crippen molar-refractivity contribution in [3.63, 3.8) is 0 Å². The van der Waals surface area contributed by atoms with Crippen molar-refractivity contribution in [1.82, 2.24) is 14.9 Å². The number of anilines is 1. The van der Waals surface area contributed by atoms with Crippen LogP contribution in [0, 0.1) is 6.92 Å². The lowest BCUT2D eigenvalue weighted by molar-refractivity contribution is -0.125. The summed E-state index contributed by atoms with van der Waals surface area (Å²) >= 11 is 0. The molecular weight excluding hydrogens is 470 g/mol. The monoisotopic (exact) mass is 497 g/mol.